The number of carbonyl (C=O) groups excluding carboxylic acids is 3. The van der Waals surface area contributed by atoms with E-state index in [2.05, 4.69) is 0 Å². The summed E-state index contributed by atoms with van der Waals surface area (Å²) in [6, 6.07) is -1.94. The zero-order valence-corrected chi connectivity index (χ0v) is 12.3. The van der Waals surface area contributed by atoms with Crippen molar-refractivity contribution in [2.24, 2.45) is 5.73 Å². The molecule has 2 saturated heterocycles. The number of aliphatic hydroxyl groups is 1. The summed E-state index contributed by atoms with van der Waals surface area (Å²) in [6.45, 7) is 2.48. The Balaban J connectivity index is 2.09. The topological polar surface area (TPSA) is 104 Å². The number of amides is 2. The molecule has 0 radical (unpaired) electrons. The third kappa shape index (κ3) is 3.08. The predicted molar refractivity (Wildman–Crippen MR) is 75.2 cm³/mol. The Hall–Kier alpha value is -1.47. The average Bonchev–Trinajstić information content (AvgIpc) is 3.12. The van der Waals surface area contributed by atoms with Crippen molar-refractivity contribution < 1.29 is 19.5 Å². The van der Waals surface area contributed by atoms with E-state index in [1.807, 2.05) is 0 Å². The number of nitrogens with zero attached hydrogens (tertiary/aromatic N) is 2. The summed E-state index contributed by atoms with van der Waals surface area (Å²) in [6.07, 6.45) is 2.65. The third-order valence-electron chi connectivity index (χ3n) is 4.37. The number of nitrogens with two attached hydrogens (primary N) is 1. The summed E-state index contributed by atoms with van der Waals surface area (Å²) in [7, 11) is 0. The zero-order valence-electron chi connectivity index (χ0n) is 12.3. The molecule has 0 aromatic heterocycles. The van der Waals surface area contributed by atoms with Gasteiger partial charge in [-0.25, -0.2) is 0 Å². The van der Waals surface area contributed by atoms with Crippen LogP contribution in [0.5, 0.6) is 0 Å². The molecule has 4 atom stereocenters. The van der Waals surface area contributed by atoms with Crippen LogP contribution in [0.15, 0.2) is 0 Å². The van der Waals surface area contributed by atoms with Gasteiger partial charge >= 0.3 is 0 Å². The lowest BCUT2D eigenvalue weighted by molar-refractivity contribution is -0.146. The molecule has 0 unspecified atom stereocenters. The Morgan fingerprint density at radius 1 is 1.24 bits per heavy atom. The predicted octanol–water partition coefficient (Wildman–Crippen LogP) is -1.12. The Morgan fingerprint density at radius 3 is 2.48 bits per heavy atom. The fourth-order valence-electron chi connectivity index (χ4n) is 3.08. The number of rotatable bonds is 4. The van der Waals surface area contributed by atoms with Crippen LogP contribution in [0.25, 0.3) is 0 Å². The van der Waals surface area contributed by atoms with Gasteiger partial charge in [0, 0.05) is 13.1 Å². The van der Waals surface area contributed by atoms with Crippen LogP contribution in [-0.4, -0.2) is 70.3 Å². The smallest absolute Gasteiger partial charge is 0.245 e. The molecule has 0 aromatic carbocycles. The zero-order chi connectivity index (χ0) is 15.6. The molecule has 7 heteroatoms. The number of aliphatic hydroxyl groups excluding tert-OH is 1. The lowest BCUT2D eigenvalue weighted by Crippen LogP contribution is -2.55. The van der Waals surface area contributed by atoms with E-state index >= 15 is 0 Å². The van der Waals surface area contributed by atoms with E-state index in [1.165, 1.54) is 11.8 Å². The van der Waals surface area contributed by atoms with Gasteiger partial charge in [-0.2, -0.15) is 0 Å². The van der Waals surface area contributed by atoms with Gasteiger partial charge in [-0.05, 0) is 32.6 Å². The molecule has 0 saturated carbocycles. The molecule has 2 aliphatic rings. The van der Waals surface area contributed by atoms with Crippen LogP contribution in [0.1, 0.15) is 32.6 Å². The minimum absolute atomic E-state index is 0.173. The number of carbonyl (C=O) groups is 3. The number of likely N-dealkylation sites (tertiary alicyclic amines) is 2. The monoisotopic (exact) mass is 297 g/mol. The second kappa shape index (κ2) is 6.53. The molecule has 2 fully saturated rings. The van der Waals surface area contributed by atoms with Crippen LogP contribution in [0, 0.1) is 0 Å². The van der Waals surface area contributed by atoms with Crippen molar-refractivity contribution in [2.75, 3.05) is 13.1 Å². The van der Waals surface area contributed by atoms with Crippen LogP contribution in [0.3, 0.4) is 0 Å². The van der Waals surface area contributed by atoms with Crippen molar-refractivity contribution >= 4 is 18.1 Å². The highest BCUT2D eigenvalue weighted by Gasteiger charge is 2.41. The Morgan fingerprint density at radius 2 is 1.86 bits per heavy atom. The SMILES string of the molecule is C[C@@H](O)[C@H](N)C(=O)N1CCC[C@H]1C(=O)N1CCC[C@H]1C=O. The molecule has 0 spiro atoms. The van der Waals surface area contributed by atoms with Crippen molar-refractivity contribution in [1.29, 1.82) is 0 Å². The van der Waals surface area contributed by atoms with Gasteiger partial charge in [-0.3, -0.25) is 9.59 Å². The quantitative estimate of drug-likeness (QED) is 0.639. The molecule has 2 aliphatic heterocycles. The Bertz CT molecular complexity index is 426. The van der Waals surface area contributed by atoms with Gasteiger partial charge in [0.05, 0.1) is 12.1 Å². The first-order valence-corrected chi connectivity index (χ1v) is 7.47. The van der Waals surface area contributed by atoms with E-state index in [4.69, 9.17) is 5.73 Å². The maximum atomic E-state index is 12.6. The normalized spacial score (nSPS) is 28.5. The van der Waals surface area contributed by atoms with Crippen LogP contribution in [-0.2, 0) is 14.4 Å². The second-order valence-electron chi connectivity index (χ2n) is 5.83. The van der Waals surface area contributed by atoms with Gasteiger partial charge in [-0.1, -0.05) is 0 Å². The molecule has 2 heterocycles. The van der Waals surface area contributed by atoms with Gasteiger partial charge in [0.15, 0.2) is 0 Å². The van der Waals surface area contributed by atoms with E-state index in [-0.39, 0.29) is 11.9 Å². The van der Waals surface area contributed by atoms with E-state index in [9.17, 15) is 19.5 Å². The molecule has 118 valence electrons. The molecule has 0 aliphatic carbocycles. The average molecular weight is 297 g/mol. The van der Waals surface area contributed by atoms with Crippen molar-refractivity contribution in [1.82, 2.24) is 9.80 Å². The summed E-state index contributed by atoms with van der Waals surface area (Å²) >= 11 is 0. The highest BCUT2D eigenvalue weighted by atomic mass is 16.3. The van der Waals surface area contributed by atoms with Crippen molar-refractivity contribution in [2.45, 2.75) is 56.8 Å². The minimum Gasteiger partial charge on any atom is -0.391 e. The molecule has 0 aromatic rings. The largest absolute Gasteiger partial charge is 0.391 e. The summed E-state index contributed by atoms with van der Waals surface area (Å²) in [5, 5.41) is 9.45. The van der Waals surface area contributed by atoms with E-state index in [1.54, 1.807) is 4.90 Å². The molecule has 7 nitrogen and oxygen atoms in total. The standard InChI is InChI=1S/C14H23N3O4/c1-9(19)12(15)14(21)17-7-3-5-11(17)13(20)16-6-2-4-10(16)8-18/h8-12,19H,2-7,15H2,1H3/t9-,10+,11+,12+/m1/s1. The maximum Gasteiger partial charge on any atom is 0.245 e. The van der Waals surface area contributed by atoms with Crippen molar-refractivity contribution in [3.63, 3.8) is 0 Å². The van der Waals surface area contributed by atoms with Gasteiger partial charge in [0.25, 0.3) is 0 Å². The number of hydrogen-bond donors (Lipinski definition) is 2. The van der Waals surface area contributed by atoms with Gasteiger partial charge in [-0.15, -0.1) is 0 Å². The summed E-state index contributed by atoms with van der Waals surface area (Å²) in [5.41, 5.74) is 5.69. The Labute approximate surface area is 124 Å². The molecule has 2 amide bonds. The minimum atomic E-state index is -1.01. The first-order chi connectivity index (χ1) is 9.97. The first-order valence-electron chi connectivity index (χ1n) is 7.47. The summed E-state index contributed by atoms with van der Waals surface area (Å²) in [4.78, 5) is 38.9. The van der Waals surface area contributed by atoms with Crippen LogP contribution < -0.4 is 5.73 Å². The molecule has 21 heavy (non-hydrogen) atoms. The lowest BCUT2D eigenvalue weighted by Gasteiger charge is -2.31. The van der Waals surface area contributed by atoms with Crippen LogP contribution >= 0.6 is 0 Å². The fourth-order valence-corrected chi connectivity index (χ4v) is 3.08. The lowest BCUT2D eigenvalue weighted by atomic mass is 10.1. The Kier molecular flexibility index (Phi) is 4.95. The molecular formula is C14H23N3O4. The molecule has 2 rings (SSSR count). The molecular weight excluding hydrogens is 274 g/mol. The molecule has 3 N–H and O–H groups in total. The highest BCUT2D eigenvalue weighted by Crippen LogP contribution is 2.24. The van der Waals surface area contributed by atoms with E-state index in [0.717, 1.165) is 19.1 Å². The number of hydrogen-bond acceptors (Lipinski definition) is 5. The summed E-state index contributed by atoms with van der Waals surface area (Å²) < 4.78 is 0. The van der Waals surface area contributed by atoms with Crippen LogP contribution in [0.4, 0.5) is 0 Å². The summed E-state index contributed by atoms with van der Waals surface area (Å²) in [5.74, 6) is -0.573. The third-order valence-corrected chi connectivity index (χ3v) is 4.37. The van der Waals surface area contributed by atoms with Gasteiger partial charge in [0.1, 0.15) is 18.4 Å². The first kappa shape index (κ1) is 15.9. The van der Waals surface area contributed by atoms with E-state index in [0.29, 0.717) is 25.9 Å². The number of aldehydes is 1. The highest BCUT2D eigenvalue weighted by molar-refractivity contribution is 5.91. The molecule has 0 bridgehead atoms. The van der Waals surface area contributed by atoms with Crippen molar-refractivity contribution in [3.05, 3.63) is 0 Å². The van der Waals surface area contributed by atoms with Gasteiger partial charge < -0.3 is 25.4 Å². The second-order valence-corrected chi connectivity index (χ2v) is 5.83. The van der Waals surface area contributed by atoms with Crippen molar-refractivity contribution in [3.8, 4) is 0 Å². The van der Waals surface area contributed by atoms with E-state index < -0.39 is 24.1 Å². The fraction of sp³-hybridized carbons (Fsp3) is 0.786. The van der Waals surface area contributed by atoms with Gasteiger partial charge in [0.2, 0.25) is 11.8 Å². The van der Waals surface area contributed by atoms with Crippen LogP contribution in [0.2, 0.25) is 0 Å². The maximum absolute atomic E-state index is 12.6.